The minimum absolute atomic E-state index is 0.174. The summed E-state index contributed by atoms with van der Waals surface area (Å²) in [7, 11) is 1.61. The Kier molecular flexibility index (Phi) is 2.59. The van der Waals surface area contributed by atoms with E-state index in [4.69, 9.17) is 0 Å². The van der Waals surface area contributed by atoms with E-state index in [2.05, 4.69) is 26.2 Å². The summed E-state index contributed by atoms with van der Waals surface area (Å²) in [6.07, 6.45) is 0. The lowest BCUT2D eigenvalue weighted by molar-refractivity contribution is -0.388. The van der Waals surface area contributed by atoms with Crippen LogP contribution in [0.3, 0.4) is 0 Å². The minimum Gasteiger partial charge on any atom is -0.381 e. The number of nitro groups is 1. The highest BCUT2D eigenvalue weighted by atomic mass is 79.9. The second-order valence-electron chi connectivity index (χ2n) is 2.01. The number of halogens is 1. The number of nitrogens with zero attached hydrogens (tertiary/aromatic N) is 2. The van der Waals surface area contributed by atoms with E-state index in [1.807, 2.05) is 0 Å². The van der Waals surface area contributed by atoms with Crippen molar-refractivity contribution >= 4 is 27.4 Å². The van der Waals surface area contributed by atoms with Gasteiger partial charge in [-0.3, -0.25) is 0 Å². The van der Waals surface area contributed by atoms with E-state index < -0.39 is 4.92 Å². The number of aromatic nitrogens is 1. The monoisotopic (exact) mass is 231 g/mol. The Morgan fingerprint density at radius 1 is 1.67 bits per heavy atom. The number of anilines is 1. The molecule has 0 bridgehead atoms. The van der Waals surface area contributed by atoms with Gasteiger partial charge in [-0.1, -0.05) is 0 Å². The maximum absolute atomic E-state index is 10.4. The summed E-state index contributed by atoms with van der Waals surface area (Å²) in [5.41, 5.74) is 0.406. The van der Waals surface area contributed by atoms with Crippen LogP contribution in [0.2, 0.25) is 0 Å². The third kappa shape index (κ3) is 1.70. The summed E-state index contributed by atoms with van der Waals surface area (Å²) in [6.45, 7) is 0. The zero-order chi connectivity index (χ0) is 9.14. The molecular weight excluding hydrogens is 226 g/mol. The van der Waals surface area contributed by atoms with Crippen LogP contribution in [0.5, 0.6) is 0 Å². The SMILES string of the molecule is CNc1ccc(Br)nc1[N+](=O)[O-]. The van der Waals surface area contributed by atoms with Crippen molar-refractivity contribution < 1.29 is 4.92 Å². The van der Waals surface area contributed by atoms with Crippen LogP contribution in [0, 0.1) is 10.1 Å². The maximum Gasteiger partial charge on any atom is 0.388 e. The molecule has 0 saturated carbocycles. The summed E-state index contributed by atoms with van der Waals surface area (Å²) in [6, 6.07) is 3.23. The molecule has 1 rings (SSSR count). The van der Waals surface area contributed by atoms with Gasteiger partial charge in [0.15, 0.2) is 0 Å². The van der Waals surface area contributed by atoms with Crippen molar-refractivity contribution in [3.05, 3.63) is 26.9 Å². The van der Waals surface area contributed by atoms with Gasteiger partial charge < -0.3 is 15.4 Å². The van der Waals surface area contributed by atoms with Gasteiger partial charge in [-0.2, -0.15) is 0 Å². The van der Waals surface area contributed by atoms with Crippen LogP contribution in [0.1, 0.15) is 0 Å². The fraction of sp³-hybridized carbons (Fsp3) is 0.167. The fourth-order valence-corrected chi connectivity index (χ4v) is 1.06. The predicted molar refractivity (Wildman–Crippen MR) is 48.1 cm³/mol. The Morgan fingerprint density at radius 2 is 2.33 bits per heavy atom. The van der Waals surface area contributed by atoms with Gasteiger partial charge in [0.2, 0.25) is 4.60 Å². The fourth-order valence-electron chi connectivity index (χ4n) is 0.760. The second-order valence-corrected chi connectivity index (χ2v) is 2.82. The van der Waals surface area contributed by atoms with Gasteiger partial charge in [-0.05, 0) is 22.0 Å². The number of hydrogen-bond acceptors (Lipinski definition) is 4. The number of hydrogen-bond donors (Lipinski definition) is 1. The van der Waals surface area contributed by atoms with Crippen LogP contribution in [0.4, 0.5) is 11.5 Å². The van der Waals surface area contributed by atoms with Gasteiger partial charge >= 0.3 is 5.82 Å². The molecule has 1 heterocycles. The van der Waals surface area contributed by atoms with Crippen LogP contribution in [0.15, 0.2) is 16.7 Å². The highest BCUT2D eigenvalue weighted by Gasteiger charge is 2.14. The van der Waals surface area contributed by atoms with Crippen LogP contribution < -0.4 is 5.32 Å². The van der Waals surface area contributed by atoms with Gasteiger partial charge in [0.05, 0.1) is 0 Å². The average Bonchev–Trinajstić information content (AvgIpc) is 2.04. The molecule has 64 valence electrons. The molecule has 5 nitrogen and oxygen atoms in total. The normalized spacial score (nSPS) is 9.50. The van der Waals surface area contributed by atoms with E-state index in [0.717, 1.165) is 0 Å². The van der Waals surface area contributed by atoms with E-state index in [9.17, 15) is 10.1 Å². The van der Waals surface area contributed by atoms with Gasteiger partial charge in [0, 0.05) is 23.0 Å². The van der Waals surface area contributed by atoms with E-state index >= 15 is 0 Å². The smallest absolute Gasteiger partial charge is 0.381 e. The first kappa shape index (κ1) is 8.92. The molecule has 0 unspecified atom stereocenters. The van der Waals surface area contributed by atoms with Crippen molar-refractivity contribution in [3.63, 3.8) is 0 Å². The van der Waals surface area contributed by atoms with Gasteiger partial charge in [-0.25, -0.2) is 0 Å². The van der Waals surface area contributed by atoms with Crippen molar-refractivity contribution in [3.8, 4) is 0 Å². The van der Waals surface area contributed by atoms with Crippen molar-refractivity contribution in [1.82, 2.24) is 4.98 Å². The Morgan fingerprint density at radius 3 is 2.83 bits per heavy atom. The molecule has 0 aliphatic heterocycles. The van der Waals surface area contributed by atoms with Crippen molar-refractivity contribution in [2.45, 2.75) is 0 Å². The molecule has 12 heavy (non-hydrogen) atoms. The van der Waals surface area contributed by atoms with Crippen molar-refractivity contribution in [1.29, 1.82) is 0 Å². The second kappa shape index (κ2) is 3.48. The summed E-state index contributed by atoms with van der Waals surface area (Å²) < 4.78 is 0.452. The molecule has 0 atom stereocenters. The average molecular weight is 232 g/mol. The molecular formula is C6H6BrN3O2. The Balaban J connectivity index is 3.21. The Bertz CT molecular complexity index is 316. The molecule has 0 aliphatic carbocycles. The molecule has 0 saturated heterocycles. The highest BCUT2D eigenvalue weighted by Crippen LogP contribution is 2.22. The molecule has 0 spiro atoms. The molecule has 0 amide bonds. The maximum atomic E-state index is 10.4. The van der Waals surface area contributed by atoms with Crippen molar-refractivity contribution in [2.24, 2.45) is 0 Å². The number of rotatable bonds is 2. The summed E-state index contributed by atoms with van der Waals surface area (Å²) in [4.78, 5) is 13.6. The first-order valence-corrected chi connectivity index (χ1v) is 3.93. The number of nitrogens with one attached hydrogen (secondary N) is 1. The molecule has 0 aliphatic rings. The Labute approximate surface area is 77.1 Å². The molecule has 0 fully saturated rings. The molecule has 1 N–H and O–H groups in total. The summed E-state index contributed by atoms with van der Waals surface area (Å²) in [5.74, 6) is -0.174. The third-order valence-corrected chi connectivity index (χ3v) is 1.73. The van der Waals surface area contributed by atoms with E-state index in [-0.39, 0.29) is 5.82 Å². The molecule has 0 aromatic carbocycles. The predicted octanol–water partition coefficient (Wildman–Crippen LogP) is 1.79. The molecule has 0 radical (unpaired) electrons. The lowest BCUT2D eigenvalue weighted by Gasteiger charge is -1.99. The van der Waals surface area contributed by atoms with Crippen molar-refractivity contribution in [2.75, 3.05) is 12.4 Å². The van der Waals surface area contributed by atoms with Crippen LogP contribution in [-0.4, -0.2) is 17.0 Å². The molecule has 6 heteroatoms. The first-order valence-electron chi connectivity index (χ1n) is 3.14. The third-order valence-electron chi connectivity index (χ3n) is 1.28. The lowest BCUT2D eigenvalue weighted by atomic mass is 10.4. The molecule has 1 aromatic heterocycles. The topological polar surface area (TPSA) is 68.1 Å². The van der Waals surface area contributed by atoms with Gasteiger partial charge in [0.25, 0.3) is 0 Å². The van der Waals surface area contributed by atoms with Crippen LogP contribution in [-0.2, 0) is 0 Å². The van der Waals surface area contributed by atoms with Gasteiger partial charge in [0.1, 0.15) is 5.69 Å². The lowest BCUT2D eigenvalue weighted by Crippen LogP contribution is -1.98. The summed E-state index contributed by atoms with van der Waals surface area (Å²) >= 11 is 3.05. The minimum atomic E-state index is -0.531. The zero-order valence-corrected chi connectivity index (χ0v) is 7.83. The largest absolute Gasteiger partial charge is 0.388 e. The molecule has 1 aromatic rings. The summed E-state index contributed by atoms with van der Waals surface area (Å²) in [5, 5.41) is 13.1. The standard InChI is InChI=1S/C6H6BrN3O2/c1-8-4-2-3-5(7)9-6(4)10(11)12/h2-3,8H,1H3. The van der Waals surface area contributed by atoms with Crippen LogP contribution in [0.25, 0.3) is 0 Å². The highest BCUT2D eigenvalue weighted by molar-refractivity contribution is 9.10. The number of pyridine rings is 1. The van der Waals surface area contributed by atoms with Gasteiger partial charge in [-0.15, -0.1) is 0 Å². The zero-order valence-electron chi connectivity index (χ0n) is 6.24. The quantitative estimate of drug-likeness (QED) is 0.479. The van der Waals surface area contributed by atoms with E-state index in [1.165, 1.54) is 0 Å². The first-order chi connectivity index (χ1) is 5.65. The van der Waals surface area contributed by atoms with E-state index in [1.54, 1.807) is 19.2 Å². The van der Waals surface area contributed by atoms with Crippen LogP contribution >= 0.6 is 15.9 Å². The Hall–Kier alpha value is -1.17. The van der Waals surface area contributed by atoms with E-state index in [0.29, 0.717) is 10.3 Å².